The zero-order valence-electron chi connectivity index (χ0n) is 36.8. The largest absolute Gasteiger partial charge is 0.456 e. The number of rotatable bonds is 7. The van der Waals surface area contributed by atoms with E-state index in [0.717, 1.165) is 66.7 Å². The Balaban J connectivity index is 0.842. The second kappa shape index (κ2) is 15.2. The molecule has 4 aromatic heterocycles. The lowest BCUT2D eigenvalue weighted by molar-refractivity contribution is 0.669. The van der Waals surface area contributed by atoms with E-state index in [1.165, 1.54) is 65.9 Å². The minimum Gasteiger partial charge on any atom is -0.456 e. The minimum absolute atomic E-state index is 0.708. The van der Waals surface area contributed by atoms with Crippen LogP contribution in [0.25, 0.3) is 138 Å². The van der Waals surface area contributed by atoms with E-state index >= 15 is 0 Å². The second-order valence-corrected chi connectivity index (χ2v) is 17.7. The Bertz CT molecular complexity index is 4200. The van der Waals surface area contributed by atoms with Crippen molar-refractivity contribution in [1.82, 2.24) is 14.4 Å². The van der Waals surface area contributed by atoms with Gasteiger partial charge in [0.15, 0.2) is 5.82 Å². The molecule has 0 spiro atoms. The van der Waals surface area contributed by atoms with Gasteiger partial charge in [0, 0.05) is 49.0 Å². The van der Waals surface area contributed by atoms with Crippen molar-refractivity contribution in [3.63, 3.8) is 0 Å². The molecular formula is C64H39N3O. The quantitative estimate of drug-likeness (QED) is 0.160. The topological polar surface area (TPSA) is 43.3 Å². The Labute approximate surface area is 392 Å². The number of benzene rings is 10. The third kappa shape index (κ3) is 6.15. The maximum atomic E-state index is 6.31. The summed E-state index contributed by atoms with van der Waals surface area (Å²) in [6.45, 7) is 0. The Morgan fingerprint density at radius 1 is 0.294 bits per heavy atom. The Kier molecular flexibility index (Phi) is 8.55. The van der Waals surface area contributed by atoms with Gasteiger partial charge in [0.25, 0.3) is 0 Å². The molecule has 0 aliphatic rings. The molecule has 0 atom stereocenters. The zero-order valence-corrected chi connectivity index (χ0v) is 36.8. The Hall–Kier alpha value is -9.12. The standard InChI is InChI=1S/C64H39N3O/c1-3-14-40(15-4-1)56-39-57(66-64(65-56)41-16-5-2-6-17-41)49-23-11-22-46(36-49)44-20-9-18-42(34-44)43-19-10-21-45(35-43)47-30-32-51-53-26-12-27-54-52-33-31-48(38-59(52)67(63(53)54)58(51)37-47)50-25-13-29-61-62(50)55-24-7-8-28-60(55)68-61/h1-39H. The first-order valence-corrected chi connectivity index (χ1v) is 23.1. The van der Waals surface area contributed by atoms with Gasteiger partial charge in [-0.2, -0.15) is 0 Å². The Morgan fingerprint density at radius 3 is 1.41 bits per heavy atom. The molecule has 4 heteroatoms. The van der Waals surface area contributed by atoms with Crippen LogP contribution in [-0.4, -0.2) is 14.4 Å². The fraction of sp³-hybridized carbons (Fsp3) is 0. The molecule has 0 fully saturated rings. The van der Waals surface area contributed by atoms with Gasteiger partial charge in [-0.3, -0.25) is 0 Å². The molecule has 0 unspecified atom stereocenters. The summed E-state index contributed by atoms with van der Waals surface area (Å²) in [5.41, 5.74) is 19.6. The maximum Gasteiger partial charge on any atom is 0.160 e. The van der Waals surface area contributed by atoms with E-state index in [9.17, 15) is 0 Å². The van der Waals surface area contributed by atoms with Crippen LogP contribution in [0.5, 0.6) is 0 Å². The van der Waals surface area contributed by atoms with E-state index in [2.05, 4.69) is 211 Å². The molecule has 0 amide bonds. The number of nitrogens with zero attached hydrogens (tertiary/aromatic N) is 3. The van der Waals surface area contributed by atoms with Crippen LogP contribution in [0.3, 0.4) is 0 Å². The van der Waals surface area contributed by atoms with Gasteiger partial charge in [-0.15, -0.1) is 0 Å². The van der Waals surface area contributed by atoms with Crippen molar-refractivity contribution in [2.75, 3.05) is 0 Å². The molecule has 68 heavy (non-hydrogen) atoms. The number of furan rings is 1. The van der Waals surface area contributed by atoms with Crippen LogP contribution >= 0.6 is 0 Å². The molecule has 316 valence electrons. The normalized spacial score (nSPS) is 11.8. The monoisotopic (exact) mass is 865 g/mol. The summed E-state index contributed by atoms with van der Waals surface area (Å²) in [5.74, 6) is 0.708. The molecular weight excluding hydrogens is 827 g/mol. The number of fused-ring (bicyclic) bond motifs is 9. The third-order valence-corrected chi connectivity index (χ3v) is 13.7. The van der Waals surface area contributed by atoms with Crippen molar-refractivity contribution in [3.8, 4) is 78.4 Å². The van der Waals surface area contributed by atoms with Gasteiger partial charge in [-0.25, -0.2) is 9.97 Å². The van der Waals surface area contributed by atoms with E-state index < -0.39 is 0 Å². The fourth-order valence-corrected chi connectivity index (χ4v) is 10.5. The van der Waals surface area contributed by atoms with Crippen molar-refractivity contribution in [1.29, 1.82) is 0 Å². The van der Waals surface area contributed by atoms with E-state index in [-0.39, 0.29) is 0 Å². The van der Waals surface area contributed by atoms with Crippen LogP contribution in [0.15, 0.2) is 241 Å². The summed E-state index contributed by atoms with van der Waals surface area (Å²) in [6, 6.07) is 84.5. The molecule has 0 aliphatic carbocycles. The lowest BCUT2D eigenvalue weighted by atomic mass is 9.95. The van der Waals surface area contributed by atoms with Crippen LogP contribution in [-0.2, 0) is 0 Å². The molecule has 0 radical (unpaired) electrons. The zero-order chi connectivity index (χ0) is 44.7. The average Bonchev–Trinajstić information content (AvgIpc) is 4.08. The predicted octanol–water partition coefficient (Wildman–Crippen LogP) is 17.2. The van der Waals surface area contributed by atoms with E-state index in [0.29, 0.717) is 5.82 Å². The molecule has 4 heterocycles. The average molecular weight is 866 g/mol. The summed E-state index contributed by atoms with van der Waals surface area (Å²) in [7, 11) is 0. The van der Waals surface area contributed by atoms with Crippen molar-refractivity contribution in [2.24, 2.45) is 0 Å². The van der Waals surface area contributed by atoms with Crippen LogP contribution in [0.1, 0.15) is 0 Å². The highest BCUT2D eigenvalue weighted by Gasteiger charge is 2.20. The smallest absolute Gasteiger partial charge is 0.160 e. The molecule has 0 aliphatic heterocycles. The van der Waals surface area contributed by atoms with Crippen LogP contribution < -0.4 is 0 Å². The lowest BCUT2D eigenvalue weighted by Gasteiger charge is -2.12. The second-order valence-electron chi connectivity index (χ2n) is 17.7. The van der Waals surface area contributed by atoms with Crippen LogP contribution in [0.2, 0.25) is 0 Å². The third-order valence-electron chi connectivity index (χ3n) is 13.7. The number of hydrogen-bond donors (Lipinski definition) is 0. The predicted molar refractivity (Wildman–Crippen MR) is 282 cm³/mol. The van der Waals surface area contributed by atoms with Crippen molar-refractivity contribution in [3.05, 3.63) is 237 Å². The number of hydrogen-bond acceptors (Lipinski definition) is 3. The van der Waals surface area contributed by atoms with E-state index in [1.807, 2.05) is 30.3 Å². The fourth-order valence-electron chi connectivity index (χ4n) is 10.5. The highest BCUT2D eigenvalue weighted by molar-refractivity contribution is 6.24. The van der Waals surface area contributed by atoms with E-state index in [1.54, 1.807) is 0 Å². The van der Waals surface area contributed by atoms with Gasteiger partial charge in [0.2, 0.25) is 0 Å². The van der Waals surface area contributed by atoms with Gasteiger partial charge in [-0.1, -0.05) is 188 Å². The van der Waals surface area contributed by atoms with Crippen molar-refractivity contribution >= 4 is 60.0 Å². The van der Waals surface area contributed by atoms with Crippen molar-refractivity contribution in [2.45, 2.75) is 0 Å². The highest BCUT2D eigenvalue weighted by Crippen LogP contribution is 2.43. The molecule has 4 nitrogen and oxygen atoms in total. The van der Waals surface area contributed by atoms with Gasteiger partial charge in [0.1, 0.15) is 11.2 Å². The number of aromatic nitrogens is 3. The Morgan fingerprint density at radius 2 is 0.750 bits per heavy atom. The molecule has 0 saturated carbocycles. The van der Waals surface area contributed by atoms with Gasteiger partial charge in [-0.05, 0) is 93.0 Å². The van der Waals surface area contributed by atoms with Gasteiger partial charge < -0.3 is 8.82 Å². The molecule has 14 aromatic rings. The van der Waals surface area contributed by atoms with Crippen molar-refractivity contribution < 1.29 is 4.42 Å². The SMILES string of the molecule is c1ccc(-c2cc(-c3cccc(-c4cccc(-c5cccc(-c6ccc7c8cccc9c%10ccc(-c%11cccc%12oc%13ccccc%13c%11%12)cc%10n(c7c6)c89)c5)c4)c3)nc(-c3ccccc3)n2)cc1. The first kappa shape index (κ1) is 38.2. The lowest BCUT2D eigenvalue weighted by Crippen LogP contribution is -1.96. The number of para-hydroxylation sites is 2. The summed E-state index contributed by atoms with van der Waals surface area (Å²) in [5, 5.41) is 7.34. The molecule has 0 N–H and O–H groups in total. The summed E-state index contributed by atoms with van der Waals surface area (Å²) >= 11 is 0. The molecule has 0 saturated heterocycles. The first-order chi connectivity index (χ1) is 33.7. The van der Waals surface area contributed by atoms with Crippen LogP contribution in [0.4, 0.5) is 0 Å². The summed E-state index contributed by atoms with van der Waals surface area (Å²) < 4.78 is 8.80. The summed E-state index contributed by atoms with van der Waals surface area (Å²) in [6.07, 6.45) is 0. The van der Waals surface area contributed by atoms with Gasteiger partial charge >= 0.3 is 0 Å². The highest BCUT2D eigenvalue weighted by atomic mass is 16.3. The van der Waals surface area contributed by atoms with Gasteiger partial charge in [0.05, 0.1) is 27.9 Å². The van der Waals surface area contributed by atoms with Crippen LogP contribution in [0, 0.1) is 0 Å². The molecule has 10 aromatic carbocycles. The minimum atomic E-state index is 0.708. The molecule has 14 rings (SSSR count). The van der Waals surface area contributed by atoms with E-state index in [4.69, 9.17) is 14.4 Å². The maximum absolute atomic E-state index is 6.31. The first-order valence-electron chi connectivity index (χ1n) is 23.1. The summed E-state index contributed by atoms with van der Waals surface area (Å²) in [4.78, 5) is 10.1. The molecule has 0 bridgehead atoms.